The topological polar surface area (TPSA) is 21.3 Å². The van der Waals surface area contributed by atoms with Gasteiger partial charge in [0.15, 0.2) is 5.75 Å². The van der Waals surface area contributed by atoms with Crippen LogP contribution in [0.1, 0.15) is 12.8 Å². The highest BCUT2D eigenvalue weighted by molar-refractivity contribution is 5.29. The maximum Gasteiger partial charge on any atom is 0.206 e. The number of hydrogen-bond acceptors (Lipinski definition) is 2. The molecule has 19 heavy (non-hydrogen) atoms. The molecule has 1 N–H and O–H groups in total. The van der Waals surface area contributed by atoms with Gasteiger partial charge < -0.3 is 10.1 Å². The molecule has 106 valence electrons. The molecule has 1 aliphatic heterocycles. The number of benzene rings is 1. The molecule has 1 heterocycles. The van der Waals surface area contributed by atoms with Crippen molar-refractivity contribution in [3.8, 4) is 5.75 Å². The SMILES string of the molecule is Fc1c(F)c(F)c(OCCC2CCNC2)c(F)c1F. The first-order valence-corrected chi connectivity index (χ1v) is 5.87. The van der Waals surface area contributed by atoms with Gasteiger partial charge in [-0.3, -0.25) is 0 Å². The maximum atomic E-state index is 13.2. The zero-order chi connectivity index (χ0) is 14.0. The van der Waals surface area contributed by atoms with E-state index in [1.165, 1.54) is 0 Å². The Morgan fingerprint density at radius 2 is 1.53 bits per heavy atom. The van der Waals surface area contributed by atoms with Crippen molar-refractivity contribution in [3.05, 3.63) is 29.1 Å². The van der Waals surface area contributed by atoms with Crippen molar-refractivity contribution >= 4 is 0 Å². The van der Waals surface area contributed by atoms with Gasteiger partial charge in [-0.05, 0) is 31.8 Å². The van der Waals surface area contributed by atoms with E-state index in [1.54, 1.807) is 0 Å². The lowest BCUT2D eigenvalue weighted by Crippen LogP contribution is -2.13. The molecule has 2 rings (SSSR count). The van der Waals surface area contributed by atoms with E-state index in [0.717, 1.165) is 19.5 Å². The molecule has 0 aliphatic carbocycles. The lowest BCUT2D eigenvalue weighted by molar-refractivity contribution is 0.243. The Balaban J connectivity index is 2.07. The van der Waals surface area contributed by atoms with Crippen LogP contribution in [0.25, 0.3) is 0 Å². The van der Waals surface area contributed by atoms with Gasteiger partial charge in [0.2, 0.25) is 29.1 Å². The Hall–Kier alpha value is -1.37. The molecule has 0 aromatic heterocycles. The van der Waals surface area contributed by atoms with Crippen molar-refractivity contribution in [2.75, 3.05) is 19.7 Å². The smallest absolute Gasteiger partial charge is 0.206 e. The number of ether oxygens (including phenoxy) is 1. The zero-order valence-corrected chi connectivity index (χ0v) is 9.91. The van der Waals surface area contributed by atoms with Gasteiger partial charge in [0, 0.05) is 0 Å². The van der Waals surface area contributed by atoms with Crippen LogP contribution in [-0.4, -0.2) is 19.7 Å². The van der Waals surface area contributed by atoms with E-state index >= 15 is 0 Å². The molecule has 1 atom stereocenters. The zero-order valence-electron chi connectivity index (χ0n) is 9.91. The van der Waals surface area contributed by atoms with Crippen LogP contribution in [0.2, 0.25) is 0 Å². The molecular formula is C12H12F5NO. The van der Waals surface area contributed by atoms with Gasteiger partial charge >= 0.3 is 0 Å². The second kappa shape index (κ2) is 5.73. The van der Waals surface area contributed by atoms with Crippen molar-refractivity contribution in [1.82, 2.24) is 5.32 Å². The van der Waals surface area contributed by atoms with E-state index in [4.69, 9.17) is 4.74 Å². The highest BCUT2D eigenvalue weighted by Gasteiger charge is 2.27. The average molecular weight is 281 g/mol. The fourth-order valence-corrected chi connectivity index (χ4v) is 2.00. The van der Waals surface area contributed by atoms with E-state index < -0.39 is 34.8 Å². The number of halogens is 5. The van der Waals surface area contributed by atoms with E-state index in [1.807, 2.05) is 0 Å². The van der Waals surface area contributed by atoms with E-state index in [2.05, 4.69) is 5.32 Å². The second-order valence-corrected chi connectivity index (χ2v) is 4.39. The average Bonchev–Trinajstić information content (AvgIpc) is 2.91. The van der Waals surface area contributed by atoms with Crippen LogP contribution in [0.15, 0.2) is 0 Å². The summed E-state index contributed by atoms with van der Waals surface area (Å²) in [6.45, 7) is 1.53. The van der Waals surface area contributed by atoms with Crippen LogP contribution in [0.4, 0.5) is 22.0 Å². The number of rotatable bonds is 4. The number of nitrogens with one attached hydrogen (secondary N) is 1. The molecule has 1 aliphatic rings. The Morgan fingerprint density at radius 3 is 2.05 bits per heavy atom. The van der Waals surface area contributed by atoms with Gasteiger partial charge in [0.25, 0.3) is 0 Å². The summed E-state index contributed by atoms with van der Waals surface area (Å²) < 4.78 is 69.7. The standard InChI is InChI=1S/C12H12F5NO/c13-7-8(14)10(16)12(11(17)9(7)15)19-4-2-6-1-3-18-5-6/h6,18H,1-5H2. The molecule has 0 radical (unpaired) electrons. The maximum absolute atomic E-state index is 13.2. The van der Waals surface area contributed by atoms with Crippen LogP contribution in [0.3, 0.4) is 0 Å². The third-order valence-electron chi connectivity index (χ3n) is 3.10. The normalized spacial score (nSPS) is 18.9. The second-order valence-electron chi connectivity index (χ2n) is 4.39. The quantitative estimate of drug-likeness (QED) is 0.520. The molecule has 7 heteroatoms. The highest BCUT2D eigenvalue weighted by atomic mass is 19.2. The Bertz CT molecular complexity index is 445. The molecule has 1 unspecified atom stereocenters. The molecule has 1 saturated heterocycles. The monoisotopic (exact) mass is 281 g/mol. The number of hydrogen-bond donors (Lipinski definition) is 1. The molecule has 1 aromatic carbocycles. The molecule has 2 nitrogen and oxygen atoms in total. The summed E-state index contributed by atoms with van der Waals surface area (Å²) in [6, 6.07) is 0. The summed E-state index contributed by atoms with van der Waals surface area (Å²) in [5.41, 5.74) is 0. The third kappa shape index (κ3) is 2.80. The minimum absolute atomic E-state index is 0.0926. The summed E-state index contributed by atoms with van der Waals surface area (Å²) in [5.74, 6) is -10.9. The van der Waals surface area contributed by atoms with Crippen LogP contribution in [0, 0.1) is 35.0 Å². The van der Waals surface area contributed by atoms with Crippen LogP contribution >= 0.6 is 0 Å². The van der Waals surface area contributed by atoms with Crippen LogP contribution in [-0.2, 0) is 0 Å². The van der Waals surface area contributed by atoms with Crippen LogP contribution < -0.4 is 10.1 Å². The van der Waals surface area contributed by atoms with E-state index in [-0.39, 0.29) is 6.61 Å². The molecular weight excluding hydrogens is 269 g/mol. The van der Waals surface area contributed by atoms with Gasteiger partial charge in [0.1, 0.15) is 0 Å². The summed E-state index contributed by atoms with van der Waals surface area (Å²) in [6.07, 6.45) is 1.40. The molecule has 0 spiro atoms. The largest absolute Gasteiger partial charge is 0.487 e. The summed E-state index contributed by atoms with van der Waals surface area (Å²) in [7, 11) is 0. The minimum Gasteiger partial charge on any atom is -0.487 e. The third-order valence-corrected chi connectivity index (χ3v) is 3.10. The van der Waals surface area contributed by atoms with Gasteiger partial charge in [-0.15, -0.1) is 0 Å². The fourth-order valence-electron chi connectivity index (χ4n) is 2.00. The van der Waals surface area contributed by atoms with Gasteiger partial charge in [-0.2, -0.15) is 8.78 Å². The molecule has 0 amide bonds. The van der Waals surface area contributed by atoms with Crippen LogP contribution in [0.5, 0.6) is 5.75 Å². The summed E-state index contributed by atoms with van der Waals surface area (Å²) in [4.78, 5) is 0. The lowest BCUT2D eigenvalue weighted by Gasteiger charge is -2.12. The van der Waals surface area contributed by atoms with Gasteiger partial charge in [-0.1, -0.05) is 0 Å². The molecule has 1 aromatic rings. The Labute approximate surface area is 106 Å². The summed E-state index contributed by atoms with van der Waals surface area (Å²) >= 11 is 0. The van der Waals surface area contributed by atoms with Crippen molar-refractivity contribution in [1.29, 1.82) is 0 Å². The summed E-state index contributed by atoms with van der Waals surface area (Å²) in [5, 5.41) is 3.10. The molecule has 0 saturated carbocycles. The first-order chi connectivity index (χ1) is 9.02. The molecule has 0 bridgehead atoms. The van der Waals surface area contributed by atoms with Crippen molar-refractivity contribution in [3.63, 3.8) is 0 Å². The van der Waals surface area contributed by atoms with E-state index in [0.29, 0.717) is 12.3 Å². The van der Waals surface area contributed by atoms with Gasteiger partial charge in [-0.25, -0.2) is 13.2 Å². The Kier molecular flexibility index (Phi) is 4.24. The predicted octanol–water partition coefficient (Wildman–Crippen LogP) is 2.76. The first kappa shape index (κ1) is 14.0. The highest BCUT2D eigenvalue weighted by Crippen LogP contribution is 2.29. The lowest BCUT2D eigenvalue weighted by atomic mass is 10.1. The molecule has 1 fully saturated rings. The Morgan fingerprint density at radius 1 is 0.947 bits per heavy atom. The first-order valence-electron chi connectivity index (χ1n) is 5.87. The van der Waals surface area contributed by atoms with Crippen molar-refractivity contribution < 1.29 is 26.7 Å². The fraction of sp³-hybridized carbons (Fsp3) is 0.500. The van der Waals surface area contributed by atoms with Gasteiger partial charge in [0.05, 0.1) is 6.61 Å². The minimum atomic E-state index is -2.18. The predicted molar refractivity (Wildman–Crippen MR) is 57.3 cm³/mol. The van der Waals surface area contributed by atoms with Crippen molar-refractivity contribution in [2.24, 2.45) is 5.92 Å². The van der Waals surface area contributed by atoms with E-state index in [9.17, 15) is 22.0 Å². The van der Waals surface area contributed by atoms with Crippen molar-refractivity contribution in [2.45, 2.75) is 12.8 Å².